The van der Waals surface area contributed by atoms with E-state index in [0.717, 1.165) is 28.8 Å². The van der Waals surface area contributed by atoms with Crippen LogP contribution in [0.3, 0.4) is 0 Å². The number of benzene rings is 7. The summed E-state index contributed by atoms with van der Waals surface area (Å²) in [7, 11) is 0. The van der Waals surface area contributed by atoms with E-state index in [2.05, 4.69) is 182 Å². The molecule has 0 unspecified atom stereocenters. The minimum atomic E-state index is -0.468. The Bertz CT molecular complexity index is 2380. The Morgan fingerprint density at radius 2 is 1.04 bits per heavy atom. The molecule has 2 heteroatoms. The molecule has 0 aromatic heterocycles. The SMILES string of the molecule is C=N/C(=N\C1=C(Cc2ccccc2)C2(c3ccccc31)c1ccccc1-c1ccccc12)c1ccc(-c2ccc3ccccc3c2)cc1. The van der Waals surface area contributed by atoms with E-state index in [-0.39, 0.29) is 0 Å². The monoisotopic (exact) mass is 612 g/mol. The summed E-state index contributed by atoms with van der Waals surface area (Å²) in [6, 6.07) is 61.0. The Kier molecular flexibility index (Phi) is 6.62. The minimum Gasteiger partial charge on any atom is -0.245 e. The Balaban J connectivity index is 1.24. The van der Waals surface area contributed by atoms with Gasteiger partial charge in [-0.1, -0.05) is 164 Å². The second-order valence-corrected chi connectivity index (χ2v) is 12.6. The molecule has 0 radical (unpaired) electrons. The maximum Gasteiger partial charge on any atom is 0.159 e. The Morgan fingerprint density at radius 1 is 0.500 bits per heavy atom. The molecule has 2 aliphatic carbocycles. The number of hydrogen-bond acceptors (Lipinski definition) is 1. The molecule has 0 saturated heterocycles. The molecule has 0 bridgehead atoms. The van der Waals surface area contributed by atoms with Crippen LogP contribution in [0.15, 0.2) is 185 Å². The van der Waals surface area contributed by atoms with E-state index in [1.165, 1.54) is 55.3 Å². The fraction of sp³-hybridized carbons (Fsp3) is 0.0435. The first-order chi connectivity index (χ1) is 23.8. The highest BCUT2D eigenvalue weighted by Crippen LogP contribution is 2.62. The third-order valence-electron chi connectivity index (χ3n) is 10.1. The first-order valence-corrected chi connectivity index (χ1v) is 16.5. The third kappa shape index (κ3) is 4.27. The summed E-state index contributed by atoms with van der Waals surface area (Å²) in [5.41, 5.74) is 13.9. The molecular weight excluding hydrogens is 581 g/mol. The van der Waals surface area contributed by atoms with Gasteiger partial charge >= 0.3 is 0 Å². The lowest BCUT2D eigenvalue weighted by atomic mass is 9.68. The van der Waals surface area contributed by atoms with Crippen LogP contribution < -0.4 is 0 Å². The zero-order valence-corrected chi connectivity index (χ0v) is 26.5. The highest BCUT2D eigenvalue weighted by molar-refractivity contribution is 6.06. The van der Waals surface area contributed by atoms with Gasteiger partial charge in [0.1, 0.15) is 0 Å². The van der Waals surface area contributed by atoms with Crippen LogP contribution in [-0.4, -0.2) is 12.6 Å². The zero-order valence-electron chi connectivity index (χ0n) is 26.5. The summed E-state index contributed by atoms with van der Waals surface area (Å²) in [6.07, 6.45) is 0.752. The number of nitrogens with zero attached hydrogens (tertiary/aromatic N) is 2. The minimum absolute atomic E-state index is 0.468. The fourth-order valence-electron chi connectivity index (χ4n) is 7.99. The van der Waals surface area contributed by atoms with Crippen LogP contribution in [0.4, 0.5) is 0 Å². The fourth-order valence-corrected chi connectivity index (χ4v) is 7.99. The van der Waals surface area contributed by atoms with Crippen molar-refractivity contribution in [2.24, 2.45) is 9.98 Å². The second-order valence-electron chi connectivity index (χ2n) is 12.6. The molecule has 2 nitrogen and oxygen atoms in total. The van der Waals surface area contributed by atoms with Crippen LogP contribution in [0.2, 0.25) is 0 Å². The molecule has 0 aliphatic heterocycles. The first-order valence-electron chi connectivity index (χ1n) is 16.5. The molecule has 0 fully saturated rings. The van der Waals surface area contributed by atoms with Gasteiger partial charge < -0.3 is 0 Å². The van der Waals surface area contributed by atoms with Crippen molar-refractivity contribution in [2.45, 2.75) is 11.8 Å². The van der Waals surface area contributed by atoms with Crippen LogP contribution in [-0.2, 0) is 11.8 Å². The second kappa shape index (κ2) is 11.3. The standard InChI is InChI=1S/C46H32N2/c1-47-45(34-26-23-33(24-27-34)36-28-25-32-15-5-6-16-35(32)30-36)48-44-39-19-9-12-22-42(39)46(43(44)29-31-13-3-2-4-14-31)40-20-10-7-17-37(40)38-18-8-11-21-41(38)46/h2-28,30H,1,29H2/b48-45-. The number of hydrogen-bond donors (Lipinski definition) is 0. The van der Waals surface area contributed by atoms with Gasteiger partial charge in [0.05, 0.1) is 11.1 Å². The van der Waals surface area contributed by atoms with Crippen LogP contribution in [0, 0.1) is 0 Å². The van der Waals surface area contributed by atoms with Gasteiger partial charge in [-0.05, 0) is 80.1 Å². The Labute approximate surface area is 281 Å². The molecular formula is C46H32N2. The lowest BCUT2D eigenvalue weighted by Crippen LogP contribution is -2.28. The van der Waals surface area contributed by atoms with Gasteiger partial charge in [-0.25, -0.2) is 9.98 Å². The maximum atomic E-state index is 5.46. The molecule has 7 aromatic rings. The molecule has 2 aliphatic rings. The normalized spacial score (nSPS) is 14.2. The van der Waals surface area contributed by atoms with Gasteiger partial charge in [0.15, 0.2) is 5.84 Å². The van der Waals surface area contributed by atoms with E-state index in [1.54, 1.807) is 0 Å². The molecule has 0 atom stereocenters. The lowest BCUT2D eigenvalue weighted by molar-refractivity contribution is 0.740. The van der Waals surface area contributed by atoms with Crippen molar-refractivity contribution in [3.8, 4) is 22.3 Å². The van der Waals surface area contributed by atoms with Crippen molar-refractivity contribution in [1.29, 1.82) is 0 Å². The highest BCUT2D eigenvalue weighted by Gasteiger charge is 2.52. The van der Waals surface area contributed by atoms with E-state index in [4.69, 9.17) is 4.99 Å². The maximum absolute atomic E-state index is 5.46. The topological polar surface area (TPSA) is 24.7 Å². The molecule has 1 spiro atoms. The van der Waals surface area contributed by atoms with Gasteiger partial charge in [-0.15, -0.1) is 0 Å². The van der Waals surface area contributed by atoms with E-state index in [1.807, 2.05) is 0 Å². The van der Waals surface area contributed by atoms with Gasteiger partial charge in [-0.2, -0.15) is 0 Å². The van der Waals surface area contributed by atoms with Crippen molar-refractivity contribution in [1.82, 2.24) is 0 Å². The lowest BCUT2D eigenvalue weighted by Gasteiger charge is -2.32. The number of rotatable bonds is 5. The molecule has 0 heterocycles. The van der Waals surface area contributed by atoms with Crippen LogP contribution in [0.5, 0.6) is 0 Å². The van der Waals surface area contributed by atoms with E-state index < -0.39 is 5.41 Å². The van der Waals surface area contributed by atoms with Crippen molar-refractivity contribution in [3.63, 3.8) is 0 Å². The summed E-state index contributed by atoms with van der Waals surface area (Å²) in [5.74, 6) is 0.618. The number of amidine groups is 1. The van der Waals surface area contributed by atoms with Crippen molar-refractivity contribution < 1.29 is 0 Å². The van der Waals surface area contributed by atoms with Gasteiger partial charge in [0, 0.05) is 11.1 Å². The van der Waals surface area contributed by atoms with E-state index in [0.29, 0.717) is 5.84 Å². The average molecular weight is 613 g/mol. The van der Waals surface area contributed by atoms with Crippen LogP contribution in [0.25, 0.3) is 38.7 Å². The molecule has 0 saturated carbocycles. The summed E-state index contributed by atoms with van der Waals surface area (Å²) >= 11 is 0. The summed E-state index contributed by atoms with van der Waals surface area (Å²) in [4.78, 5) is 10.0. The van der Waals surface area contributed by atoms with Gasteiger partial charge in [0.25, 0.3) is 0 Å². The number of fused-ring (bicyclic) bond motifs is 8. The predicted octanol–water partition coefficient (Wildman–Crippen LogP) is 10.9. The van der Waals surface area contributed by atoms with E-state index >= 15 is 0 Å². The number of aliphatic imine (C=N–C) groups is 2. The summed E-state index contributed by atoms with van der Waals surface area (Å²) in [5, 5.41) is 2.47. The average Bonchev–Trinajstić information content (AvgIpc) is 3.60. The largest absolute Gasteiger partial charge is 0.245 e. The number of allylic oxidation sites excluding steroid dienone is 1. The molecule has 226 valence electrons. The summed E-state index contributed by atoms with van der Waals surface area (Å²) in [6.45, 7) is 4.02. The van der Waals surface area contributed by atoms with E-state index in [9.17, 15) is 0 Å². The zero-order chi connectivity index (χ0) is 32.1. The smallest absolute Gasteiger partial charge is 0.159 e. The Morgan fingerprint density at radius 3 is 1.71 bits per heavy atom. The molecule has 9 rings (SSSR count). The van der Waals surface area contributed by atoms with Crippen LogP contribution >= 0.6 is 0 Å². The van der Waals surface area contributed by atoms with Crippen molar-refractivity contribution >= 4 is 29.0 Å². The Hall–Kier alpha value is -6.12. The highest BCUT2D eigenvalue weighted by atomic mass is 14.9. The molecule has 48 heavy (non-hydrogen) atoms. The predicted molar refractivity (Wildman–Crippen MR) is 201 cm³/mol. The van der Waals surface area contributed by atoms with Gasteiger partial charge in [-0.3, -0.25) is 0 Å². The quantitative estimate of drug-likeness (QED) is 0.136. The molecule has 0 amide bonds. The molecule has 0 N–H and O–H groups in total. The van der Waals surface area contributed by atoms with Crippen molar-refractivity contribution in [3.05, 3.63) is 209 Å². The van der Waals surface area contributed by atoms with Gasteiger partial charge in [0.2, 0.25) is 0 Å². The summed E-state index contributed by atoms with van der Waals surface area (Å²) < 4.78 is 0. The molecule has 7 aromatic carbocycles. The first kappa shape index (κ1) is 28.1. The third-order valence-corrected chi connectivity index (χ3v) is 10.1. The van der Waals surface area contributed by atoms with Crippen molar-refractivity contribution in [2.75, 3.05) is 0 Å². The van der Waals surface area contributed by atoms with Crippen LogP contribution in [0.1, 0.15) is 33.4 Å².